The van der Waals surface area contributed by atoms with Crippen LogP contribution in [0.2, 0.25) is 0 Å². The van der Waals surface area contributed by atoms with Crippen molar-refractivity contribution < 1.29 is 0 Å². The minimum atomic E-state index is 0.317. The Morgan fingerprint density at radius 2 is 1.35 bits per heavy atom. The lowest BCUT2D eigenvalue weighted by molar-refractivity contribution is 0.0923. The van der Waals surface area contributed by atoms with Crippen LogP contribution in [-0.2, 0) is 6.54 Å². The highest BCUT2D eigenvalue weighted by atomic mass is 15.3. The van der Waals surface area contributed by atoms with Crippen LogP contribution >= 0.6 is 0 Å². The second kappa shape index (κ2) is 7.73. The van der Waals surface area contributed by atoms with E-state index in [4.69, 9.17) is 5.73 Å². The van der Waals surface area contributed by atoms with Gasteiger partial charge in [0.2, 0.25) is 0 Å². The highest BCUT2D eigenvalue weighted by molar-refractivity contribution is 5.46. The van der Waals surface area contributed by atoms with E-state index in [9.17, 15) is 0 Å². The van der Waals surface area contributed by atoms with Gasteiger partial charge in [0.15, 0.2) is 0 Å². The molecule has 1 heterocycles. The van der Waals surface area contributed by atoms with Crippen molar-refractivity contribution in [2.45, 2.75) is 18.6 Å². The average Bonchev–Trinajstić information content (AvgIpc) is 2.66. The average molecular weight is 343 g/mol. The van der Waals surface area contributed by atoms with Crippen LogP contribution in [0.3, 0.4) is 0 Å². The zero-order valence-electron chi connectivity index (χ0n) is 14.9. The van der Waals surface area contributed by atoms with Gasteiger partial charge in [-0.15, -0.1) is 0 Å². The minimum Gasteiger partial charge on any atom is -0.398 e. The van der Waals surface area contributed by atoms with E-state index in [1.54, 1.807) is 0 Å². The van der Waals surface area contributed by atoms with Crippen LogP contribution in [0, 0.1) is 0 Å². The van der Waals surface area contributed by atoms with E-state index in [0.29, 0.717) is 12.1 Å². The number of rotatable bonds is 6. The van der Waals surface area contributed by atoms with E-state index >= 15 is 0 Å². The number of nitrogen functional groups attached to an aromatic ring is 1. The van der Waals surface area contributed by atoms with Crippen molar-refractivity contribution >= 4 is 5.69 Å². The molecule has 1 aliphatic rings. The van der Waals surface area contributed by atoms with Crippen molar-refractivity contribution in [3.05, 3.63) is 102 Å². The molecule has 3 heteroatoms. The molecule has 3 aromatic carbocycles. The van der Waals surface area contributed by atoms with Gasteiger partial charge in [0.25, 0.3) is 0 Å². The maximum Gasteiger partial charge on any atom is 0.0602 e. The van der Waals surface area contributed by atoms with Crippen LogP contribution in [0.25, 0.3) is 0 Å². The zero-order valence-corrected chi connectivity index (χ0v) is 14.9. The Hall–Kier alpha value is -2.62. The van der Waals surface area contributed by atoms with E-state index in [1.165, 1.54) is 16.7 Å². The Labute approximate surface area is 155 Å². The highest BCUT2D eigenvalue weighted by Gasteiger charge is 2.33. The first kappa shape index (κ1) is 16.8. The van der Waals surface area contributed by atoms with Gasteiger partial charge in [0, 0.05) is 31.4 Å². The molecule has 1 saturated heterocycles. The van der Waals surface area contributed by atoms with E-state index in [0.717, 1.165) is 25.3 Å². The monoisotopic (exact) mass is 343 g/mol. The Kier molecular flexibility index (Phi) is 5.00. The third-order valence-corrected chi connectivity index (χ3v) is 5.14. The first-order valence-electron chi connectivity index (χ1n) is 9.22. The van der Waals surface area contributed by atoms with Crippen molar-refractivity contribution in [3.8, 4) is 0 Å². The van der Waals surface area contributed by atoms with Crippen LogP contribution in [0.4, 0.5) is 5.69 Å². The predicted octanol–water partition coefficient (Wildman–Crippen LogP) is 3.83. The van der Waals surface area contributed by atoms with Gasteiger partial charge < -0.3 is 11.1 Å². The van der Waals surface area contributed by atoms with Crippen LogP contribution in [-0.4, -0.2) is 24.0 Å². The molecule has 0 spiro atoms. The van der Waals surface area contributed by atoms with Crippen molar-refractivity contribution in [1.82, 2.24) is 10.2 Å². The molecule has 0 unspecified atom stereocenters. The molecular weight excluding hydrogens is 318 g/mol. The number of nitrogens with one attached hydrogen (secondary N) is 1. The van der Waals surface area contributed by atoms with E-state index in [1.807, 2.05) is 18.2 Å². The van der Waals surface area contributed by atoms with Crippen molar-refractivity contribution in [2.24, 2.45) is 0 Å². The summed E-state index contributed by atoms with van der Waals surface area (Å²) in [6, 6.07) is 30.5. The summed E-state index contributed by atoms with van der Waals surface area (Å²) in [6.45, 7) is 2.91. The Balaban J connectivity index is 1.42. The van der Waals surface area contributed by atoms with E-state index < -0.39 is 0 Å². The maximum atomic E-state index is 6.04. The molecule has 0 aromatic heterocycles. The molecule has 132 valence electrons. The van der Waals surface area contributed by atoms with Gasteiger partial charge in [-0.1, -0.05) is 78.9 Å². The molecule has 3 aromatic rings. The van der Waals surface area contributed by atoms with Crippen LogP contribution in [0.1, 0.15) is 22.7 Å². The number of nitrogens with two attached hydrogens (primary N) is 1. The molecule has 0 atom stereocenters. The number of para-hydroxylation sites is 1. The lowest BCUT2D eigenvalue weighted by Crippen LogP contribution is -2.58. The summed E-state index contributed by atoms with van der Waals surface area (Å²) in [7, 11) is 0. The number of hydrogen-bond acceptors (Lipinski definition) is 3. The van der Waals surface area contributed by atoms with Gasteiger partial charge >= 0.3 is 0 Å². The molecule has 3 N–H and O–H groups in total. The summed E-state index contributed by atoms with van der Waals surface area (Å²) in [5.41, 5.74) is 10.8. The molecule has 1 fully saturated rings. The van der Waals surface area contributed by atoms with Crippen molar-refractivity contribution in [1.29, 1.82) is 0 Å². The fourth-order valence-electron chi connectivity index (χ4n) is 3.69. The first-order valence-corrected chi connectivity index (χ1v) is 9.22. The topological polar surface area (TPSA) is 41.3 Å². The summed E-state index contributed by atoms with van der Waals surface area (Å²) < 4.78 is 0. The van der Waals surface area contributed by atoms with Gasteiger partial charge in [-0.25, -0.2) is 0 Å². The molecule has 26 heavy (non-hydrogen) atoms. The Morgan fingerprint density at radius 1 is 0.808 bits per heavy atom. The second-order valence-corrected chi connectivity index (χ2v) is 6.95. The standard InChI is InChI=1S/C23H25N3/c24-22-14-8-7-13-20(22)15-25-21-16-26(17-21)23(18-9-3-1-4-10-18)19-11-5-2-6-12-19/h1-14,21,23,25H,15-17,24H2. The van der Waals surface area contributed by atoms with Crippen molar-refractivity contribution in [3.63, 3.8) is 0 Å². The fourth-order valence-corrected chi connectivity index (χ4v) is 3.69. The number of hydrogen-bond donors (Lipinski definition) is 2. The quantitative estimate of drug-likeness (QED) is 0.668. The predicted molar refractivity (Wildman–Crippen MR) is 108 cm³/mol. The van der Waals surface area contributed by atoms with E-state index in [2.05, 4.69) is 76.9 Å². The van der Waals surface area contributed by atoms with Gasteiger partial charge in [-0.2, -0.15) is 0 Å². The number of likely N-dealkylation sites (tertiary alicyclic amines) is 1. The Bertz CT molecular complexity index is 787. The lowest BCUT2D eigenvalue weighted by Gasteiger charge is -2.45. The molecule has 0 radical (unpaired) electrons. The summed E-state index contributed by atoms with van der Waals surface area (Å²) in [6.07, 6.45) is 0. The highest BCUT2D eigenvalue weighted by Crippen LogP contribution is 2.32. The lowest BCUT2D eigenvalue weighted by atomic mass is 9.93. The zero-order chi connectivity index (χ0) is 17.8. The normalized spacial score (nSPS) is 15.1. The molecule has 4 rings (SSSR count). The van der Waals surface area contributed by atoms with Crippen molar-refractivity contribution in [2.75, 3.05) is 18.8 Å². The molecule has 0 amide bonds. The Morgan fingerprint density at radius 3 is 1.92 bits per heavy atom. The molecule has 0 bridgehead atoms. The van der Waals surface area contributed by atoms with Gasteiger partial charge in [-0.3, -0.25) is 4.90 Å². The van der Waals surface area contributed by atoms with Gasteiger partial charge in [-0.05, 0) is 22.8 Å². The second-order valence-electron chi connectivity index (χ2n) is 6.95. The third-order valence-electron chi connectivity index (χ3n) is 5.14. The summed E-state index contributed by atoms with van der Waals surface area (Å²) >= 11 is 0. The van der Waals surface area contributed by atoms with Crippen LogP contribution in [0.5, 0.6) is 0 Å². The van der Waals surface area contributed by atoms with Gasteiger partial charge in [0.05, 0.1) is 6.04 Å². The van der Waals surface area contributed by atoms with Gasteiger partial charge in [0.1, 0.15) is 0 Å². The SMILES string of the molecule is Nc1ccccc1CNC1CN(C(c2ccccc2)c2ccccc2)C1. The summed E-state index contributed by atoms with van der Waals surface area (Å²) in [4.78, 5) is 2.54. The van der Waals surface area contributed by atoms with Crippen LogP contribution in [0.15, 0.2) is 84.9 Å². The number of anilines is 1. The van der Waals surface area contributed by atoms with E-state index in [-0.39, 0.29) is 0 Å². The summed E-state index contributed by atoms with van der Waals surface area (Å²) in [5.74, 6) is 0. The number of benzene rings is 3. The molecular formula is C23H25N3. The maximum absolute atomic E-state index is 6.04. The summed E-state index contributed by atoms with van der Waals surface area (Å²) in [5, 5.41) is 3.64. The third kappa shape index (κ3) is 3.64. The molecule has 0 saturated carbocycles. The largest absolute Gasteiger partial charge is 0.398 e. The smallest absolute Gasteiger partial charge is 0.0602 e. The minimum absolute atomic E-state index is 0.317. The first-order chi connectivity index (χ1) is 12.8. The van der Waals surface area contributed by atoms with Crippen LogP contribution < -0.4 is 11.1 Å². The number of nitrogens with zero attached hydrogens (tertiary/aromatic N) is 1. The molecule has 1 aliphatic heterocycles. The molecule has 0 aliphatic carbocycles. The fraction of sp³-hybridized carbons (Fsp3) is 0.217. The molecule has 3 nitrogen and oxygen atoms in total.